The van der Waals surface area contributed by atoms with Gasteiger partial charge >= 0.3 is 0 Å². The maximum atomic E-state index is 12.5. The molecule has 0 bridgehead atoms. The highest BCUT2D eigenvalue weighted by molar-refractivity contribution is 9.10. The lowest BCUT2D eigenvalue weighted by atomic mass is 9.95. The molecule has 2 aliphatic rings. The zero-order valence-electron chi connectivity index (χ0n) is 13.8. The molecule has 6 heteroatoms. The van der Waals surface area contributed by atoms with Gasteiger partial charge in [-0.15, -0.1) is 0 Å². The second-order valence-corrected chi connectivity index (χ2v) is 7.80. The Bertz CT molecular complexity index is 584. The Labute approximate surface area is 151 Å². The van der Waals surface area contributed by atoms with Crippen molar-refractivity contribution in [3.05, 3.63) is 22.8 Å². The molecule has 1 unspecified atom stereocenters. The molecule has 5 nitrogen and oxygen atoms in total. The Morgan fingerprint density at radius 3 is 2.71 bits per heavy atom. The second-order valence-electron chi connectivity index (χ2n) is 6.88. The van der Waals surface area contributed by atoms with Crippen LogP contribution in [-0.2, 0) is 9.59 Å². The van der Waals surface area contributed by atoms with Crippen molar-refractivity contribution in [2.75, 3.05) is 18.4 Å². The van der Waals surface area contributed by atoms with Crippen molar-refractivity contribution in [3.63, 3.8) is 0 Å². The molecule has 0 radical (unpaired) electrons. The third kappa shape index (κ3) is 4.56. The highest BCUT2D eigenvalue weighted by Crippen LogP contribution is 2.29. The normalized spacial score (nSPS) is 21.7. The van der Waals surface area contributed by atoms with Crippen LogP contribution in [0.4, 0.5) is 5.82 Å². The van der Waals surface area contributed by atoms with Crippen molar-refractivity contribution in [2.24, 2.45) is 11.8 Å². The Kier molecular flexibility index (Phi) is 5.87. The quantitative estimate of drug-likeness (QED) is 0.849. The Morgan fingerprint density at radius 1 is 1.21 bits per heavy atom. The van der Waals surface area contributed by atoms with Gasteiger partial charge in [0.05, 0.1) is 5.92 Å². The van der Waals surface area contributed by atoms with Crippen LogP contribution < -0.4 is 5.32 Å². The molecule has 1 atom stereocenters. The van der Waals surface area contributed by atoms with Gasteiger partial charge in [0.15, 0.2) is 0 Å². The lowest BCUT2D eigenvalue weighted by molar-refractivity contribution is -0.135. The van der Waals surface area contributed by atoms with E-state index in [4.69, 9.17) is 0 Å². The van der Waals surface area contributed by atoms with Crippen LogP contribution in [0.25, 0.3) is 0 Å². The molecule has 2 amide bonds. The summed E-state index contributed by atoms with van der Waals surface area (Å²) < 4.78 is 0.877. The number of amides is 2. The number of aromatic nitrogens is 1. The first kappa shape index (κ1) is 17.4. The number of halogens is 1. The highest BCUT2D eigenvalue weighted by Gasteiger charge is 2.30. The molecule has 2 heterocycles. The van der Waals surface area contributed by atoms with Crippen LogP contribution >= 0.6 is 15.9 Å². The number of carbonyl (C=O) groups is 2. The van der Waals surface area contributed by atoms with Crippen LogP contribution in [0.2, 0.25) is 0 Å². The van der Waals surface area contributed by atoms with E-state index in [1.807, 2.05) is 11.0 Å². The number of carbonyl (C=O) groups excluding carboxylic acids is 2. The Morgan fingerprint density at radius 2 is 2.00 bits per heavy atom. The number of hydrogen-bond donors (Lipinski definition) is 1. The summed E-state index contributed by atoms with van der Waals surface area (Å²) in [7, 11) is 0. The number of piperidine rings is 1. The summed E-state index contributed by atoms with van der Waals surface area (Å²) in [6.07, 6.45) is 8.90. The number of pyridine rings is 1. The first-order valence-corrected chi connectivity index (χ1v) is 9.61. The van der Waals surface area contributed by atoms with Gasteiger partial charge in [0.2, 0.25) is 11.8 Å². The molecule has 1 aromatic rings. The number of likely N-dealkylation sites (tertiary alicyclic amines) is 1. The van der Waals surface area contributed by atoms with Crippen molar-refractivity contribution < 1.29 is 9.59 Å². The molecule has 3 rings (SSSR count). The second kappa shape index (κ2) is 8.10. The van der Waals surface area contributed by atoms with Gasteiger partial charge in [-0.25, -0.2) is 4.98 Å². The zero-order chi connectivity index (χ0) is 16.9. The van der Waals surface area contributed by atoms with Crippen LogP contribution in [-0.4, -0.2) is 34.8 Å². The van der Waals surface area contributed by atoms with E-state index in [1.54, 1.807) is 12.3 Å². The van der Waals surface area contributed by atoms with Crippen LogP contribution in [0.3, 0.4) is 0 Å². The Hall–Kier alpha value is -1.43. The summed E-state index contributed by atoms with van der Waals surface area (Å²) >= 11 is 3.33. The standard InChI is InChI=1S/C18H24BrN3O2/c19-15-7-8-16(20-11-15)21-18(24)14-6-3-9-22(12-14)17(23)10-13-4-1-2-5-13/h7-8,11,13-14H,1-6,9-10,12H2,(H,20,21,24). The molecule has 1 aliphatic carbocycles. The van der Waals surface area contributed by atoms with E-state index in [2.05, 4.69) is 26.2 Å². The van der Waals surface area contributed by atoms with Gasteiger partial charge in [-0.1, -0.05) is 12.8 Å². The average Bonchev–Trinajstić information content (AvgIpc) is 3.10. The monoisotopic (exact) mass is 393 g/mol. The van der Waals surface area contributed by atoms with Gasteiger partial charge in [-0.3, -0.25) is 9.59 Å². The zero-order valence-corrected chi connectivity index (χ0v) is 15.4. The van der Waals surface area contributed by atoms with Crippen LogP contribution in [0.1, 0.15) is 44.9 Å². The fourth-order valence-corrected chi connectivity index (χ4v) is 3.92. The van der Waals surface area contributed by atoms with Gasteiger partial charge in [0.25, 0.3) is 0 Å². The first-order chi connectivity index (χ1) is 11.6. The lowest BCUT2D eigenvalue weighted by Gasteiger charge is -2.32. The molecule has 0 spiro atoms. The van der Waals surface area contributed by atoms with E-state index in [9.17, 15) is 9.59 Å². The predicted molar refractivity (Wildman–Crippen MR) is 96.4 cm³/mol. The minimum atomic E-state index is -0.142. The fourth-order valence-electron chi connectivity index (χ4n) is 3.69. The van der Waals surface area contributed by atoms with Crippen LogP contribution in [0, 0.1) is 11.8 Å². The molecule has 1 saturated carbocycles. The summed E-state index contributed by atoms with van der Waals surface area (Å²) in [6, 6.07) is 3.62. The van der Waals surface area contributed by atoms with E-state index in [0.29, 0.717) is 24.7 Å². The summed E-state index contributed by atoms with van der Waals surface area (Å²) in [5, 5.41) is 2.86. The maximum absolute atomic E-state index is 12.5. The number of hydrogen-bond acceptors (Lipinski definition) is 3. The molecule has 130 valence electrons. The van der Waals surface area contributed by atoms with Crippen molar-refractivity contribution in [1.29, 1.82) is 0 Å². The SMILES string of the molecule is O=C(Nc1ccc(Br)cn1)C1CCCN(C(=O)CC2CCCC2)C1. The maximum Gasteiger partial charge on any atom is 0.230 e. The van der Waals surface area contributed by atoms with Gasteiger partial charge in [0, 0.05) is 30.2 Å². The largest absolute Gasteiger partial charge is 0.342 e. The average molecular weight is 394 g/mol. The minimum Gasteiger partial charge on any atom is -0.342 e. The van der Waals surface area contributed by atoms with Crippen LogP contribution in [0.5, 0.6) is 0 Å². The van der Waals surface area contributed by atoms with E-state index >= 15 is 0 Å². The number of nitrogens with zero attached hydrogens (tertiary/aromatic N) is 2. The van der Waals surface area contributed by atoms with E-state index in [-0.39, 0.29) is 17.7 Å². The molecule has 24 heavy (non-hydrogen) atoms. The summed E-state index contributed by atoms with van der Waals surface area (Å²) in [5.74, 6) is 1.15. The number of rotatable bonds is 4. The smallest absolute Gasteiger partial charge is 0.230 e. The van der Waals surface area contributed by atoms with Crippen molar-refractivity contribution in [3.8, 4) is 0 Å². The fraction of sp³-hybridized carbons (Fsp3) is 0.611. The number of nitrogens with one attached hydrogen (secondary N) is 1. The summed E-state index contributed by atoms with van der Waals surface area (Å²) in [6.45, 7) is 1.32. The van der Waals surface area contributed by atoms with Crippen LogP contribution in [0.15, 0.2) is 22.8 Å². The van der Waals surface area contributed by atoms with Gasteiger partial charge in [-0.05, 0) is 59.7 Å². The van der Waals surface area contributed by atoms with E-state index < -0.39 is 0 Å². The predicted octanol–water partition coefficient (Wildman–Crippen LogP) is 3.60. The Balaban J connectivity index is 1.53. The van der Waals surface area contributed by atoms with Crippen molar-refractivity contribution in [1.82, 2.24) is 9.88 Å². The molecule has 1 aliphatic heterocycles. The molecule has 2 fully saturated rings. The van der Waals surface area contributed by atoms with Gasteiger partial charge in [0.1, 0.15) is 5.82 Å². The molecular weight excluding hydrogens is 370 g/mol. The van der Waals surface area contributed by atoms with Crippen molar-refractivity contribution in [2.45, 2.75) is 44.9 Å². The number of anilines is 1. The highest BCUT2D eigenvalue weighted by atomic mass is 79.9. The molecule has 0 aromatic carbocycles. The van der Waals surface area contributed by atoms with Gasteiger partial charge in [-0.2, -0.15) is 0 Å². The van der Waals surface area contributed by atoms with Crippen molar-refractivity contribution >= 4 is 33.6 Å². The molecule has 1 aromatic heterocycles. The summed E-state index contributed by atoms with van der Waals surface area (Å²) in [4.78, 5) is 31.0. The minimum absolute atomic E-state index is 0.0387. The third-order valence-corrected chi connectivity index (χ3v) is 5.53. The van der Waals surface area contributed by atoms with Gasteiger partial charge < -0.3 is 10.2 Å². The third-order valence-electron chi connectivity index (χ3n) is 5.06. The topological polar surface area (TPSA) is 62.3 Å². The molecule has 1 saturated heterocycles. The first-order valence-electron chi connectivity index (χ1n) is 8.82. The molecule has 1 N–H and O–H groups in total. The molecular formula is C18H24BrN3O2. The summed E-state index contributed by atoms with van der Waals surface area (Å²) in [5.41, 5.74) is 0. The van der Waals surface area contributed by atoms with E-state index in [0.717, 1.165) is 23.9 Å². The van der Waals surface area contributed by atoms with E-state index in [1.165, 1.54) is 25.7 Å². The lowest BCUT2D eigenvalue weighted by Crippen LogP contribution is -2.44.